The average Bonchev–Trinajstić information content (AvgIpc) is 2.51. The normalized spacial score (nSPS) is 10.1. The molecule has 0 saturated heterocycles. The fraction of sp³-hybridized carbons (Fsp3) is 0.167. The minimum absolute atomic E-state index is 0.402. The molecule has 72 valence electrons. The number of aromatic amines is 1. The van der Waals surface area contributed by atoms with Crippen LogP contribution in [0.15, 0.2) is 12.3 Å². The van der Waals surface area contributed by atoms with E-state index in [1.54, 1.807) is 19.3 Å². The van der Waals surface area contributed by atoms with E-state index in [4.69, 9.17) is 12.2 Å². The quantitative estimate of drug-likeness (QED) is 0.697. The number of hydrogen-bond acceptors (Lipinski definition) is 6. The highest BCUT2D eigenvalue weighted by molar-refractivity contribution is 7.71. The first kappa shape index (κ1) is 8.75. The predicted octanol–water partition coefficient (Wildman–Crippen LogP) is 0.406. The van der Waals surface area contributed by atoms with Crippen LogP contribution < -0.4 is 5.32 Å². The molecule has 2 aromatic heterocycles. The van der Waals surface area contributed by atoms with Gasteiger partial charge in [0, 0.05) is 6.20 Å². The van der Waals surface area contributed by atoms with E-state index in [0.717, 1.165) is 0 Å². The molecule has 0 aliphatic carbocycles. The molecule has 7 nitrogen and oxygen atoms in total. The van der Waals surface area contributed by atoms with Gasteiger partial charge in [0.2, 0.25) is 0 Å². The van der Waals surface area contributed by atoms with Crippen molar-refractivity contribution in [2.75, 3.05) is 5.32 Å². The van der Waals surface area contributed by atoms with E-state index in [9.17, 15) is 0 Å². The molecule has 0 atom stereocenters. The molecule has 0 spiro atoms. The minimum atomic E-state index is 0.402. The second kappa shape index (κ2) is 3.50. The zero-order chi connectivity index (χ0) is 9.97. The van der Waals surface area contributed by atoms with Crippen LogP contribution in [0.4, 0.5) is 11.8 Å². The summed E-state index contributed by atoms with van der Waals surface area (Å²) in [6.07, 6.45) is 1.59. The van der Waals surface area contributed by atoms with Gasteiger partial charge in [0.15, 0.2) is 4.77 Å². The molecule has 0 unspecified atom stereocenters. The van der Waals surface area contributed by atoms with E-state index >= 15 is 0 Å². The second-order valence-electron chi connectivity index (χ2n) is 2.52. The van der Waals surface area contributed by atoms with Gasteiger partial charge in [-0.25, -0.2) is 4.98 Å². The van der Waals surface area contributed by atoms with Crippen LogP contribution in [0, 0.1) is 4.77 Å². The Morgan fingerprint density at radius 1 is 1.57 bits per heavy atom. The summed E-state index contributed by atoms with van der Waals surface area (Å²) in [5.41, 5.74) is 0. The molecule has 2 heterocycles. The Bertz CT molecular complexity index is 487. The van der Waals surface area contributed by atoms with Crippen molar-refractivity contribution in [3.8, 4) is 0 Å². The fourth-order valence-electron chi connectivity index (χ4n) is 0.896. The Kier molecular flexibility index (Phi) is 2.19. The molecule has 0 aliphatic rings. The number of H-pyrrole nitrogens is 1. The van der Waals surface area contributed by atoms with Gasteiger partial charge in [-0.1, -0.05) is 5.10 Å². The Morgan fingerprint density at radius 3 is 3.07 bits per heavy atom. The summed E-state index contributed by atoms with van der Waals surface area (Å²) in [7, 11) is 1.69. The molecule has 0 aromatic carbocycles. The number of rotatable bonds is 2. The van der Waals surface area contributed by atoms with Gasteiger partial charge >= 0.3 is 0 Å². The van der Waals surface area contributed by atoms with Gasteiger partial charge in [-0.2, -0.15) is 4.80 Å². The van der Waals surface area contributed by atoms with Crippen LogP contribution in [0.5, 0.6) is 0 Å². The van der Waals surface area contributed by atoms with Gasteiger partial charge in [0.05, 0.1) is 7.05 Å². The first-order chi connectivity index (χ1) is 6.74. The van der Waals surface area contributed by atoms with Crippen LogP contribution >= 0.6 is 12.2 Å². The highest BCUT2D eigenvalue weighted by Crippen LogP contribution is 2.05. The van der Waals surface area contributed by atoms with Crippen LogP contribution in [0.3, 0.4) is 0 Å². The molecule has 2 aromatic rings. The number of aryl methyl sites for hydroxylation is 1. The van der Waals surface area contributed by atoms with E-state index in [1.165, 1.54) is 4.80 Å². The lowest BCUT2D eigenvalue weighted by molar-refractivity contribution is 0.630. The van der Waals surface area contributed by atoms with Crippen molar-refractivity contribution in [1.82, 2.24) is 30.2 Å². The SMILES string of the molecule is Cn1nnc(Nc2ccnc(=S)[nH]2)n1. The fourth-order valence-corrected chi connectivity index (χ4v) is 1.07. The highest BCUT2D eigenvalue weighted by atomic mass is 32.1. The molecule has 0 saturated carbocycles. The van der Waals surface area contributed by atoms with Gasteiger partial charge in [-0.05, 0) is 23.5 Å². The summed E-state index contributed by atoms with van der Waals surface area (Å²) in [5, 5.41) is 14.3. The van der Waals surface area contributed by atoms with Gasteiger partial charge < -0.3 is 10.3 Å². The Morgan fingerprint density at radius 2 is 2.43 bits per heavy atom. The maximum Gasteiger partial charge on any atom is 0.268 e. The third-order valence-electron chi connectivity index (χ3n) is 1.43. The lowest BCUT2D eigenvalue weighted by atomic mass is 10.6. The van der Waals surface area contributed by atoms with Crippen molar-refractivity contribution < 1.29 is 0 Å². The van der Waals surface area contributed by atoms with Crippen LogP contribution in [-0.2, 0) is 7.05 Å². The van der Waals surface area contributed by atoms with Crippen molar-refractivity contribution in [2.45, 2.75) is 0 Å². The van der Waals surface area contributed by atoms with Crippen molar-refractivity contribution in [2.24, 2.45) is 7.05 Å². The Balaban J connectivity index is 2.23. The largest absolute Gasteiger partial charge is 0.317 e. The minimum Gasteiger partial charge on any atom is -0.317 e. The molecule has 0 amide bonds. The lowest BCUT2D eigenvalue weighted by Gasteiger charge is -1.98. The molecular weight excluding hydrogens is 202 g/mol. The number of nitrogens with zero attached hydrogens (tertiary/aromatic N) is 5. The molecule has 0 bridgehead atoms. The monoisotopic (exact) mass is 209 g/mol. The number of anilines is 2. The Hall–Kier alpha value is -1.83. The van der Waals surface area contributed by atoms with Crippen LogP contribution in [0.25, 0.3) is 0 Å². The molecule has 0 radical (unpaired) electrons. The van der Waals surface area contributed by atoms with E-state index in [-0.39, 0.29) is 0 Å². The van der Waals surface area contributed by atoms with E-state index in [0.29, 0.717) is 16.5 Å². The topological polar surface area (TPSA) is 84.3 Å². The predicted molar refractivity (Wildman–Crippen MR) is 51.5 cm³/mol. The third kappa shape index (κ3) is 1.91. The van der Waals surface area contributed by atoms with Crippen molar-refractivity contribution in [3.63, 3.8) is 0 Å². The maximum atomic E-state index is 4.85. The molecular formula is C6H7N7S. The van der Waals surface area contributed by atoms with Crippen molar-refractivity contribution in [1.29, 1.82) is 0 Å². The molecule has 2 rings (SSSR count). The maximum absolute atomic E-state index is 4.85. The van der Waals surface area contributed by atoms with Crippen molar-refractivity contribution >= 4 is 24.0 Å². The molecule has 0 fully saturated rings. The third-order valence-corrected chi connectivity index (χ3v) is 1.64. The van der Waals surface area contributed by atoms with Gasteiger partial charge in [-0.15, -0.1) is 5.10 Å². The zero-order valence-electron chi connectivity index (χ0n) is 7.30. The summed E-state index contributed by atoms with van der Waals surface area (Å²) in [6.45, 7) is 0. The van der Waals surface area contributed by atoms with Gasteiger partial charge in [0.25, 0.3) is 5.95 Å². The van der Waals surface area contributed by atoms with Gasteiger partial charge in [0.1, 0.15) is 5.82 Å². The van der Waals surface area contributed by atoms with Crippen LogP contribution in [-0.4, -0.2) is 30.2 Å². The average molecular weight is 209 g/mol. The summed E-state index contributed by atoms with van der Waals surface area (Å²) in [4.78, 5) is 8.04. The first-order valence-electron chi connectivity index (χ1n) is 3.80. The second-order valence-corrected chi connectivity index (χ2v) is 2.90. The number of nitrogens with one attached hydrogen (secondary N) is 2. The summed E-state index contributed by atoms with van der Waals surface area (Å²) in [5.74, 6) is 1.09. The molecule has 2 N–H and O–H groups in total. The van der Waals surface area contributed by atoms with E-state index < -0.39 is 0 Å². The first-order valence-corrected chi connectivity index (χ1v) is 4.21. The zero-order valence-corrected chi connectivity index (χ0v) is 8.12. The van der Waals surface area contributed by atoms with Crippen molar-refractivity contribution in [3.05, 3.63) is 17.0 Å². The molecule has 14 heavy (non-hydrogen) atoms. The van der Waals surface area contributed by atoms with Crippen LogP contribution in [0.2, 0.25) is 0 Å². The highest BCUT2D eigenvalue weighted by Gasteiger charge is 1.99. The van der Waals surface area contributed by atoms with Gasteiger partial charge in [-0.3, -0.25) is 0 Å². The summed E-state index contributed by atoms with van der Waals surface area (Å²) >= 11 is 4.85. The number of hydrogen-bond donors (Lipinski definition) is 2. The molecule has 0 aliphatic heterocycles. The summed E-state index contributed by atoms with van der Waals surface area (Å²) in [6, 6.07) is 1.73. The Labute approximate surface area is 84.2 Å². The molecule has 8 heteroatoms. The summed E-state index contributed by atoms with van der Waals surface area (Å²) < 4.78 is 0.402. The number of aromatic nitrogens is 6. The number of tetrazole rings is 1. The van der Waals surface area contributed by atoms with Crippen LogP contribution in [0.1, 0.15) is 0 Å². The van der Waals surface area contributed by atoms with E-state index in [2.05, 4.69) is 30.7 Å². The lowest BCUT2D eigenvalue weighted by Crippen LogP contribution is -1.97. The standard InChI is InChI=1S/C6H7N7S/c1-13-11-5(10-12-13)8-4-2-3-7-6(14)9-4/h2-3H,1H3,(H2,7,8,9,11,14). The smallest absolute Gasteiger partial charge is 0.268 e. The van der Waals surface area contributed by atoms with E-state index in [1.807, 2.05) is 0 Å².